The Labute approximate surface area is 165 Å². The zero-order valence-electron chi connectivity index (χ0n) is 16.1. The number of hydrogen-bond donors (Lipinski definition) is 3. The number of amides is 2. The van der Waals surface area contributed by atoms with Gasteiger partial charge in [0.2, 0.25) is 0 Å². The molecule has 0 unspecified atom stereocenters. The van der Waals surface area contributed by atoms with E-state index in [4.69, 9.17) is 5.11 Å². The second-order valence-electron chi connectivity index (χ2n) is 7.92. The lowest BCUT2D eigenvalue weighted by Crippen LogP contribution is -2.57. The van der Waals surface area contributed by atoms with Crippen molar-refractivity contribution in [3.63, 3.8) is 0 Å². The van der Waals surface area contributed by atoms with Crippen molar-refractivity contribution in [3.05, 3.63) is 22.4 Å². The molecule has 1 aromatic rings. The van der Waals surface area contributed by atoms with Crippen LogP contribution in [0.15, 0.2) is 17.5 Å². The number of carboxylic acid groups (broad SMARTS) is 1. The van der Waals surface area contributed by atoms with E-state index in [1.54, 1.807) is 11.3 Å². The fourth-order valence-electron chi connectivity index (χ4n) is 4.48. The number of thiophene rings is 1. The van der Waals surface area contributed by atoms with Gasteiger partial charge >= 0.3 is 12.0 Å². The molecule has 2 fully saturated rings. The Kier molecular flexibility index (Phi) is 6.76. The maximum Gasteiger partial charge on any atom is 0.317 e. The quantitative estimate of drug-likeness (QED) is 0.634. The van der Waals surface area contributed by atoms with Crippen LogP contribution < -0.4 is 10.6 Å². The predicted octanol–water partition coefficient (Wildman–Crippen LogP) is 3.19. The molecular weight excluding hydrogens is 362 g/mol. The number of hydrogen-bond acceptors (Lipinski definition) is 4. The minimum Gasteiger partial charge on any atom is -0.480 e. The molecule has 0 saturated heterocycles. The van der Waals surface area contributed by atoms with Gasteiger partial charge in [0.25, 0.3) is 0 Å². The fourth-order valence-corrected chi connectivity index (χ4v) is 5.47. The Hall–Kier alpha value is -1.60. The van der Waals surface area contributed by atoms with E-state index >= 15 is 0 Å². The van der Waals surface area contributed by atoms with Gasteiger partial charge < -0.3 is 15.7 Å². The standard InChI is InChI=1S/C20H31N3O3S/c1-2-23(13-18(24)25)16-11-15(12-16)22-19(26)21-14-20(8-4-3-5-9-20)17-7-6-10-27-17/h6-7,10,15-16H,2-5,8-9,11-14H2,1H3,(H,24,25)(H2,21,22,26). The van der Waals surface area contributed by atoms with Gasteiger partial charge in [0.05, 0.1) is 6.54 Å². The van der Waals surface area contributed by atoms with Crippen molar-refractivity contribution in [2.45, 2.75) is 69.4 Å². The van der Waals surface area contributed by atoms with Crippen LogP contribution in [0.5, 0.6) is 0 Å². The van der Waals surface area contributed by atoms with Crippen LogP contribution in [0.25, 0.3) is 0 Å². The number of nitrogens with zero attached hydrogens (tertiary/aromatic N) is 1. The summed E-state index contributed by atoms with van der Waals surface area (Å²) >= 11 is 1.80. The highest BCUT2D eigenvalue weighted by Gasteiger charge is 2.37. The molecule has 0 atom stereocenters. The number of likely N-dealkylation sites (N-methyl/N-ethyl adjacent to an activating group) is 1. The topological polar surface area (TPSA) is 81.7 Å². The van der Waals surface area contributed by atoms with Gasteiger partial charge in [-0.05, 0) is 43.7 Å². The highest BCUT2D eigenvalue weighted by molar-refractivity contribution is 7.10. The maximum absolute atomic E-state index is 12.4. The molecule has 3 rings (SSSR count). The van der Waals surface area contributed by atoms with Crippen molar-refractivity contribution in [1.82, 2.24) is 15.5 Å². The van der Waals surface area contributed by atoms with Crippen LogP contribution in [0.4, 0.5) is 4.79 Å². The van der Waals surface area contributed by atoms with E-state index in [1.807, 2.05) is 11.8 Å². The zero-order valence-corrected chi connectivity index (χ0v) is 16.9. The number of carbonyl (C=O) groups is 2. The van der Waals surface area contributed by atoms with Crippen molar-refractivity contribution in [2.75, 3.05) is 19.6 Å². The number of rotatable bonds is 8. The van der Waals surface area contributed by atoms with Crippen LogP contribution in [0, 0.1) is 0 Å². The first kappa shape index (κ1) is 20.1. The van der Waals surface area contributed by atoms with Gasteiger partial charge in [-0.3, -0.25) is 9.69 Å². The van der Waals surface area contributed by atoms with Crippen LogP contribution in [-0.4, -0.2) is 53.7 Å². The molecule has 2 aliphatic rings. The normalized spacial score (nSPS) is 24.2. The zero-order chi connectivity index (χ0) is 19.3. The predicted molar refractivity (Wildman–Crippen MR) is 107 cm³/mol. The van der Waals surface area contributed by atoms with Gasteiger partial charge in [-0.1, -0.05) is 32.3 Å². The summed E-state index contributed by atoms with van der Waals surface area (Å²) in [7, 11) is 0. The summed E-state index contributed by atoms with van der Waals surface area (Å²) in [6.07, 6.45) is 7.66. The monoisotopic (exact) mass is 393 g/mol. The van der Waals surface area contributed by atoms with Crippen LogP contribution in [0.3, 0.4) is 0 Å². The minimum atomic E-state index is -0.794. The second kappa shape index (κ2) is 9.06. The lowest BCUT2D eigenvalue weighted by Gasteiger charge is -2.42. The highest BCUT2D eigenvalue weighted by Crippen LogP contribution is 2.41. The van der Waals surface area contributed by atoms with E-state index in [-0.39, 0.29) is 30.1 Å². The average molecular weight is 394 g/mol. The van der Waals surface area contributed by atoms with Crippen LogP contribution in [0.2, 0.25) is 0 Å². The van der Waals surface area contributed by atoms with Gasteiger partial charge in [0.1, 0.15) is 0 Å². The van der Waals surface area contributed by atoms with Crippen molar-refractivity contribution in [1.29, 1.82) is 0 Å². The molecule has 0 aromatic carbocycles. The Morgan fingerprint density at radius 2 is 2.04 bits per heavy atom. The van der Waals surface area contributed by atoms with Crippen molar-refractivity contribution in [2.24, 2.45) is 0 Å². The van der Waals surface area contributed by atoms with Gasteiger partial charge in [-0.2, -0.15) is 0 Å². The lowest BCUT2D eigenvalue weighted by atomic mass is 9.73. The molecule has 6 nitrogen and oxygen atoms in total. The summed E-state index contributed by atoms with van der Waals surface area (Å²) in [5.74, 6) is -0.794. The molecule has 0 spiro atoms. The first-order valence-corrected chi connectivity index (χ1v) is 10.9. The molecule has 3 N–H and O–H groups in total. The van der Waals surface area contributed by atoms with Crippen LogP contribution >= 0.6 is 11.3 Å². The minimum absolute atomic E-state index is 0.0728. The van der Waals surface area contributed by atoms with Crippen LogP contribution in [0.1, 0.15) is 56.7 Å². The smallest absolute Gasteiger partial charge is 0.317 e. The van der Waals surface area contributed by atoms with Gasteiger partial charge in [-0.15, -0.1) is 11.3 Å². The molecule has 0 bridgehead atoms. The third-order valence-electron chi connectivity index (χ3n) is 6.15. The second-order valence-corrected chi connectivity index (χ2v) is 8.87. The molecule has 2 aliphatic carbocycles. The summed E-state index contributed by atoms with van der Waals surface area (Å²) in [5, 5.41) is 17.3. The lowest BCUT2D eigenvalue weighted by molar-refractivity contribution is -0.139. The molecule has 1 aromatic heterocycles. The molecule has 150 valence electrons. The van der Waals surface area contributed by atoms with E-state index in [1.165, 1.54) is 24.1 Å². The number of carboxylic acids is 1. The molecule has 1 heterocycles. The summed E-state index contributed by atoms with van der Waals surface area (Å²) in [4.78, 5) is 26.7. The first-order valence-electron chi connectivity index (χ1n) is 10.1. The van der Waals surface area contributed by atoms with Crippen molar-refractivity contribution in [3.8, 4) is 0 Å². The molecule has 2 saturated carbocycles. The highest BCUT2D eigenvalue weighted by atomic mass is 32.1. The third kappa shape index (κ3) is 5.02. The Balaban J connectivity index is 1.45. The average Bonchev–Trinajstić information content (AvgIpc) is 3.17. The Morgan fingerprint density at radius 1 is 1.30 bits per heavy atom. The summed E-state index contributed by atoms with van der Waals surface area (Å²) in [6, 6.07) is 4.60. The third-order valence-corrected chi connectivity index (χ3v) is 7.27. The van der Waals surface area contributed by atoms with Crippen LogP contribution in [-0.2, 0) is 10.2 Å². The maximum atomic E-state index is 12.4. The first-order chi connectivity index (χ1) is 13.0. The summed E-state index contributed by atoms with van der Waals surface area (Å²) in [6.45, 7) is 3.46. The number of nitrogens with one attached hydrogen (secondary N) is 2. The van der Waals surface area contributed by atoms with E-state index in [0.717, 1.165) is 32.2 Å². The van der Waals surface area contributed by atoms with E-state index < -0.39 is 5.97 Å². The molecule has 0 radical (unpaired) electrons. The fraction of sp³-hybridized carbons (Fsp3) is 0.700. The number of carbonyl (C=O) groups excluding carboxylic acids is 1. The van der Waals surface area contributed by atoms with Gasteiger partial charge in [0, 0.05) is 28.9 Å². The van der Waals surface area contributed by atoms with Crippen molar-refractivity contribution < 1.29 is 14.7 Å². The Morgan fingerprint density at radius 3 is 2.63 bits per heavy atom. The largest absolute Gasteiger partial charge is 0.480 e. The molecular formula is C20H31N3O3S. The van der Waals surface area contributed by atoms with Gasteiger partial charge in [0.15, 0.2) is 0 Å². The van der Waals surface area contributed by atoms with Crippen molar-refractivity contribution >= 4 is 23.3 Å². The molecule has 7 heteroatoms. The summed E-state index contributed by atoms with van der Waals surface area (Å²) < 4.78 is 0. The van der Waals surface area contributed by atoms with E-state index in [0.29, 0.717) is 6.54 Å². The Bertz CT molecular complexity index is 622. The molecule has 2 amide bonds. The molecule has 0 aliphatic heterocycles. The number of aliphatic carboxylic acids is 1. The SMILES string of the molecule is CCN(CC(=O)O)C1CC(NC(=O)NCC2(c3cccs3)CCCCC2)C1. The van der Waals surface area contributed by atoms with E-state index in [9.17, 15) is 9.59 Å². The summed E-state index contributed by atoms with van der Waals surface area (Å²) in [5.41, 5.74) is 0.0897. The van der Waals surface area contributed by atoms with E-state index in [2.05, 4.69) is 28.1 Å². The number of urea groups is 1. The van der Waals surface area contributed by atoms with Gasteiger partial charge in [-0.25, -0.2) is 4.79 Å². The molecule has 27 heavy (non-hydrogen) atoms.